The summed E-state index contributed by atoms with van der Waals surface area (Å²) in [6, 6.07) is 4.23. The Morgan fingerprint density at radius 1 is 1.45 bits per heavy atom. The molecule has 0 aliphatic carbocycles. The third kappa shape index (κ3) is 5.39. The van der Waals surface area contributed by atoms with Gasteiger partial charge in [0.1, 0.15) is 0 Å². The Bertz CT molecular complexity index is 461. The lowest BCUT2D eigenvalue weighted by Gasteiger charge is -2.22. The minimum atomic E-state index is 0.0556. The van der Waals surface area contributed by atoms with Crippen LogP contribution >= 0.6 is 0 Å². The van der Waals surface area contributed by atoms with Crippen LogP contribution < -0.4 is 5.32 Å². The zero-order valence-corrected chi connectivity index (χ0v) is 13.4. The minimum absolute atomic E-state index is 0.0556. The summed E-state index contributed by atoms with van der Waals surface area (Å²) in [5.41, 5.74) is 1.92. The van der Waals surface area contributed by atoms with Gasteiger partial charge in [0, 0.05) is 24.5 Å². The Labute approximate surface area is 132 Å². The molecule has 1 aromatic rings. The maximum absolute atomic E-state index is 11.8. The normalized spacial score (nSPS) is 18.5. The van der Waals surface area contributed by atoms with Crippen LogP contribution in [0.25, 0.3) is 0 Å². The summed E-state index contributed by atoms with van der Waals surface area (Å²) < 4.78 is 0. The molecule has 5 nitrogen and oxygen atoms in total. The maximum atomic E-state index is 11.8. The Morgan fingerprint density at radius 3 is 3.05 bits per heavy atom. The van der Waals surface area contributed by atoms with E-state index in [0.29, 0.717) is 12.5 Å². The molecule has 22 heavy (non-hydrogen) atoms. The number of nitrogens with zero attached hydrogens (tertiary/aromatic N) is 2. The van der Waals surface area contributed by atoms with Crippen molar-refractivity contribution in [2.24, 2.45) is 0 Å². The molecule has 0 bridgehead atoms. The Kier molecular flexibility index (Phi) is 6.80. The Morgan fingerprint density at radius 2 is 2.32 bits per heavy atom. The van der Waals surface area contributed by atoms with Crippen molar-refractivity contribution in [3.63, 3.8) is 0 Å². The first-order valence-corrected chi connectivity index (χ1v) is 8.22. The molecule has 1 unspecified atom stereocenters. The van der Waals surface area contributed by atoms with Crippen LogP contribution in [-0.2, 0) is 11.2 Å². The summed E-state index contributed by atoms with van der Waals surface area (Å²) in [7, 11) is 0. The molecule has 0 radical (unpaired) electrons. The van der Waals surface area contributed by atoms with E-state index in [-0.39, 0.29) is 12.5 Å². The van der Waals surface area contributed by atoms with Crippen LogP contribution in [0.4, 0.5) is 0 Å². The van der Waals surface area contributed by atoms with E-state index in [2.05, 4.69) is 15.2 Å². The second-order valence-corrected chi connectivity index (χ2v) is 6.06. The fraction of sp³-hybridized carbons (Fsp3) is 0.647. The molecule has 1 aliphatic rings. The lowest BCUT2D eigenvalue weighted by molar-refractivity contribution is -0.120. The van der Waals surface area contributed by atoms with Crippen LogP contribution in [0.5, 0.6) is 0 Å². The number of unbranched alkanes of at least 4 members (excludes halogenated alkanes) is 1. The number of amides is 1. The topological polar surface area (TPSA) is 65.5 Å². The van der Waals surface area contributed by atoms with Gasteiger partial charge in [-0.2, -0.15) is 0 Å². The van der Waals surface area contributed by atoms with Crippen molar-refractivity contribution in [1.29, 1.82) is 0 Å². The number of rotatable bonds is 8. The highest BCUT2D eigenvalue weighted by atomic mass is 16.3. The molecule has 1 aliphatic heterocycles. The molecule has 2 N–H and O–H groups in total. The second-order valence-electron chi connectivity index (χ2n) is 6.06. The predicted molar refractivity (Wildman–Crippen MR) is 86.6 cm³/mol. The molecular formula is C17H27N3O2. The summed E-state index contributed by atoms with van der Waals surface area (Å²) >= 11 is 0. The average molecular weight is 305 g/mol. The number of carbonyl (C=O) groups excluding carboxylic acids is 1. The third-order valence-electron chi connectivity index (χ3n) is 4.24. The van der Waals surface area contributed by atoms with Crippen LogP contribution in [0.1, 0.15) is 36.9 Å². The standard InChI is InChI=1S/C17H27N3O2/c1-14-6-7-15(12-19-14)11-17(22)18-8-2-3-9-20-10-4-5-16(20)13-21/h6-7,12,16,21H,2-5,8-11,13H2,1H3,(H,18,22). The molecule has 1 aromatic heterocycles. The predicted octanol–water partition coefficient (Wildman–Crippen LogP) is 1.29. The summed E-state index contributed by atoms with van der Waals surface area (Å²) in [6.07, 6.45) is 6.49. The van der Waals surface area contributed by atoms with E-state index < -0.39 is 0 Å². The van der Waals surface area contributed by atoms with Gasteiger partial charge in [-0.05, 0) is 57.3 Å². The van der Waals surface area contributed by atoms with Crippen LogP contribution in [0.15, 0.2) is 18.3 Å². The highest BCUT2D eigenvalue weighted by Gasteiger charge is 2.22. The first-order valence-electron chi connectivity index (χ1n) is 8.22. The number of aryl methyl sites for hydroxylation is 1. The van der Waals surface area contributed by atoms with Gasteiger partial charge in [0.25, 0.3) is 0 Å². The minimum Gasteiger partial charge on any atom is -0.395 e. The fourth-order valence-corrected chi connectivity index (χ4v) is 2.91. The van der Waals surface area contributed by atoms with Gasteiger partial charge in [0.05, 0.1) is 13.0 Å². The average Bonchev–Trinajstić information content (AvgIpc) is 2.97. The van der Waals surface area contributed by atoms with Crippen molar-refractivity contribution in [2.45, 2.75) is 45.1 Å². The molecule has 1 saturated heterocycles. The quantitative estimate of drug-likeness (QED) is 0.710. The van der Waals surface area contributed by atoms with Gasteiger partial charge in [-0.3, -0.25) is 14.7 Å². The van der Waals surface area contributed by atoms with E-state index in [4.69, 9.17) is 0 Å². The zero-order chi connectivity index (χ0) is 15.8. The molecule has 1 atom stereocenters. The molecule has 122 valence electrons. The first-order chi connectivity index (χ1) is 10.7. The van der Waals surface area contributed by atoms with Crippen LogP contribution in [0.2, 0.25) is 0 Å². The molecule has 2 heterocycles. The van der Waals surface area contributed by atoms with Crippen molar-refractivity contribution in [3.05, 3.63) is 29.6 Å². The highest BCUT2D eigenvalue weighted by molar-refractivity contribution is 5.78. The summed E-state index contributed by atoms with van der Waals surface area (Å²) in [5, 5.41) is 12.2. The molecule has 1 amide bonds. The van der Waals surface area contributed by atoms with E-state index in [1.807, 2.05) is 19.1 Å². The Hall–Kier alpha value is -1.46. The van der Waals surface area contributed by atoms with Crippen molar-refractivity contribution in [3.8, 4) is 0 Å². The van der Waals surface area contributed by atoms with Crippen LogP contribution in [-0.4, -0.2) is 53.2 Å². The van der Waals surface area contributed by atoms with E-state index in [1.54, 1.807) is 6.20 Å². The molecular weight excluding hydrogens is 278 g/mol. The number of pyridine rings is 1. The van der Waals surface area contributed by atoms with E-state index >= 15 is 0 Å². The van der Waals surface area contributed by atoms with Gasteiger partial charge in [0.15, 0.2) is 0 Å². The number of carbonyl (C=O) groups is 1. The van der Waals surface area contributed by atoms with Crippen molar-refractivity contribution < 1.29 is 9.90 Å². The van der Waals surface area contributed by atoms with Gasteiger partial charge >= 0.3 is 0 Å². The summed E-state index contributed by atoms with van der Waals surface area (Å²) in [5.74, 6) is 0.0556. The van der Waals surface area contributed by atoms with E-state index in [0.717, 1.165) is 50.2 Å². The zero-order valence-electron chi connectivity index (χ0n) is 13.4. The number of aromatic nitrogens is 1. The lowest BCUT2D eigenvalue weighted by atomic mass is 10.2. The molecule has 5 heteroatoms. The van der Waals surface area contributed by atoms with E-state index in [1.165, 1.54) is 6.42 Å². The first kappa shape index (κ1) is 16.9. The molecule has 0 saturated carbocycles. The smallest absolute Gasteiger partial charge is 0.224 e. The van der Waals surface area contributed by atoms with Gasteiger partial charge in [-0.15, -0.1) is 0 Å². The number of aliphatic hydroxyl groups is 1. The number of hydrogen-bond donors (Lipinski definition) is 2. The summed E-state index contributed by atoms with van der Waals surface area (Å²) in [6.45, 7) is 5.03. The molecule has 0 spiro atoms. The van der Waals surface area contributed by atoms with Crippen molar-refractivity contribution in [1.82, 2.24) is 15.2 Å². The SMILES string of the molecule is Cc1ccc(CC(=O)NCCCCN2CCCC2CO)cn1. The molecule has 0 aromatic carbocycles. The van der Waals surface area contributed by atoms with Gasteiger partial charge < -0.3 is 10.4 Å². The van der Waals surface area contributed by atoms with Gasteiger partial charge in [0.2, 0.25) is 5.91 Å². The Balaban J connectivity index is 1.56. The second kappa shape index (κ2) is 8.86. The van der Waals surface area contributed by atoms with Gasteiger partial charge in [-0.25, -0.2) is 0 Å². The van der Waals surface area contributed by atoms with Crippen molar-refractivity contribution >= 4 is 5.91 Å². The molecule has 1 fully saturated rings. The van der Waals surface area contributed by atoms with Crippen LogP contribution in [0.3, 0.4) is 0 Å². The molecule has 2 rings (SSSR count). The largest absolute Gasteiger partial charge is 0.395 e. The summed E-state index contributed by atoms with van der Waals surface area (Å²) in [4.78, 5) is 18.4. The number of hydrogen-bond acceptors (Lipinski definition) is 4. The number of aliphatic hydroxyl groups excluding tert-OH is 1. The van der Waals surface area contributed by atoms with Crippen molar-refractivity contribution in [2.75, 3.05) is 26.2 Å². The van der Waals surface area contributed by atoms with E-state index in [9.17, 15) is 9.90 Å². The van der Waals surface area contributed by atoms with Gasteiger partial charge in [-0.1, -0.05) is 6.07 Å². The van der Waals surface area contributed by atoms with Crippen LogP contribution in [0, 0.1) is 6.92 Å². The number of likely N-dealkylation sites (tertiary alicyclic amines) is 1. The highest BCUT2D eigenvalue weighted by Crippen LogP contribution is 2.16. The number of nitrogens with one attached hydrogen (secondary N) is 1. The lowest BCUT2D eigenvalue weighted by Crippen LogP contribution is -2.33. The maximum Gasteiger partial charge on any atom is 0.224 e. The monoisotopic (exact) mass is 305 g/mol. The third-order valence-corrected chi connectivity index (χ3v) is 4.24. The fourth-order valence-electron chi connectivity index (χ4n) is 2.91.